The molecule has 1 aliphatic heterocycles. The van der Waals surface area contributed by atoms with Crippen LogP contribution in [0.15, 0.2) is 18.2 Å². The van der Waals surface area contributed by atoms with Crippen molar-refractivity contribution in [2.45, 2.75) is 25.3 Å². The number of halogens is 1. The fourth-order valence-corrected chi connectivity index (χ4v) is 2.28. The largest absolute Gasteiger partial charge is 0.496 e. The van der Waals surface area contributed by atoms with E-state index in [4.69, 9.17) is 16.3 Å². The van der Waals surface area contributed by atoms with Crippen LogP contribution in [0.4, 0.5) is 0 Å². The Bertz CT molecular complexity index is 334. The van der Waals surface area contributed by atoms with E-state index in [0.29, 0.717) is 6.04 Å². The van der Waals surface area contributed by atoms with Crippen molar-refractivity contribution >= 4 is 11.6 Å². The molecule has 1 unspecified atom stereocenters. The van der Waals surface area contributed by atoms with Gasteiger partial charge in [-0.05, 0) is 37.6 Å². The lowest BCUT2D eigenvalue weighted by Crippen LogP contribution is -2.27. The van der Waals surface area contributed by atoms with Crippen molar-refractivity contribution in [2.75, 3.05) is 13.7 Å². The number of hydrogen-bond acceptors (Lipinski definition) is 2. The average molecular weight is 226 g/mol. The first-order chi connectivity index (χ1) is 7.31. The van der Waals surface area contributed by atoms with Crippen LogP contribution in [0.25, 0.3) is 0 Å². The Morgan fingerprint density at radius 3 is 2.93 bits per heavy atom. The molecule has 0 spiro atoms. The number of rotatable bonds is 2. The van der Waals surface area contributed by atoms with Crippen molar-refractivity contribution in [2.24, 2.45) is 0 Å². The molecule has 1 saturated heterocycles. The van der Waals surface area contributed by atoms with Crippen LogP contribution in [0, 0.1) is 0 Å². The third-order valence-electron chi connectivity index (χ3n) is 2.88. The molecule has 15 heavy (non-hydrogen) atoms. The number of ether oxygens (including phenoxy) is 1. The zero-order valence-electron chi connectivity index (χ0n) is 8.92. The second-order valence-electron chi connectivity index (χ2n) is 3.89. The molecule has 1 aromatic rings. The van der Waals surface area contributed by atoms with Crippen molar-refractivity contribution in [3.05, 3.63) is 28.8 Å². The lowest BCUT2D eigenvalue weighted by molar-refractivity contribution is 0.373. The van der Waals surface area contributed by atoms with E-state index in [2.05, 4.69) is 5.32 Å². The molecule has 1 aromatic carbocycles. The Morgan fingerprint density at radius 1 is 1.40 bits per heavy atom. The summed E-state index contributed by atoms with van der Waals surface area (Å²) in [6.07, 6.45) is 3.70. The normalized spacial score (nSPS) is 21.3. The molecule has 2 nitrogen and oxygen atoms in total. The van der Waals surface area contributed by atoms with Crippen LogP contribution in [0.5, 0.6) is 5.75 Å². The van der Waals surface area contributed by atoms with Crippen LogP contribution in [-0.4, -0.2) is 13.7 Å². The molecule has 3 heteroatoms. The highest BCUT2D eigenvalue weighted by Gasteiger charge is 2.18. The second-order valence-corrected chi connectivity index (χ2v) is 4.33. The van der Waals surface area contributed by atoms with E-state index in [1.807, 2.05) is 18.2 Å². The Balaban J connectivity index is 2.27. The van der Waals surface area contributed by atoms with E-state index in [-0.39, 0.29) is 0 Å². The minimum atomic E-state index is 0.396. The van der Waals surface area contributed by atoms with Crippen molar-refractivity contribution in [1.29, 1.82) is 0 Å². The van der Waals surface area contributed by atoms with Crippen molar-refractivity contribution in [3.63, 3.8) is 0 Å². The predicted molar refractivity (Wildman–Crippen MR) is 62.6 cm³/mol. The lowest BCUT2D eigenvalue weighted by atomic mass is 9.97. The molecule has 1 aliphatic rings. The highest BCUT2D eigenvalue weighted by atomic mass is 35.5. The van der Waals surface area contributed by atoms with Gasteiger partial charge in [-0.3, -0.25) is 0 Å². The molecular formula is C12H16ClNO. The van der Waals surface area contributed by atoms with Crippen LogP contribution in [0.2, 0.25) is 5.02 Å². The Hall–Kier alpha value is -0.730. The van der Waals surface area contributed by atoms with Gasteiger partial charge in [-0.1, -0.05) is 18.0 Å². The molecule has 0 saturated carbocycles. The third-order valence-corrected chi connectivity index (χ3v) is 3.11. The maximum absolute atomic E-state index is 6.01. The van der Waals surface area contributed by atoms with Crippen molar-refractivity contribution in [3.8, 4) is 5.75 Å². The molecule has 1 heterocycles. The first-order valence-electron chi connectivity index (χ1n) is 5.38. The molecule has 0 aromatic heterocycles. The van der Waals surface area contributed by atoms with Gasteiger partial charge in [0.15, 0.2) is 0 Å². The Morgan fingerprint density at radius 2 is 2.27 bits per heavy atom. The van der Waals surface area contributed by atoms with E-state index < -0.39 is 0 Å². The monoisotopic (exact) mass is 225 g/mol. The van der Waals surface area contributed by atoms with E-state index in [1.165, 1.54) is 18.4 Å². The molecule has 1 N–H and O–H groups in total. The average Bonchev–Trinajstić information content (AvgIpc) is 2.30. The Labute approximate surface area is 95.6 Å². The summed E-state index contributed by atoms with van der Waals surface area (Å²) in [4.78, 5) is 0. The highest BCUT2D eigenvalue weighted by molar-refractivity contribution is 6.30. The summed E-state index contributed by atoms with van der Waals surface area (Å²) < 4.78 is 5.35. The summed E-state index contributed by atoms with van der Waals surface area (Å²) in [6.45, 7) is 1.08. The maximum atomic E-state index is 6.01. The molecule has 0 radical (unpaired) electrons. The molecule has 0 bridgehead atoms. The molecule has 2 rings (SSSR count). The molecule has 1 fully saturated rings. The SMILES string of the molecule is COc1ccc(Cl)cc1C1CCCCN1. The molecule has 82 valence electrons. The van der Waals surface area contributed by atoms with Gasteiger partial charge < -0.3 is 10.1 Å². The van der Waals surface area contributed by atoms with E-state index in [0.717, 1.165) is 23.7 Å². The van der Waals surface area contributed by atoms with Gasteiger partial charge in [-0.15, -0.1) is 0 Å². The first-order valence-corrected chi connectivity index (χ1v) is 5.76. The van der Waals surface area contributed by atoms with Crippen LogP contribution in [-0.2, 0) is 0 Å². The van der Waals surface area contributed by atoms with E-state index in [1.54, 1.807) is 7.11 Å². The number of methoxy groups -OCH3 is 1. The zero-order chi connectivity index (χ0) is 10.7. The third kappa shape index (κ3) is 2.44. The number of benzene rings is 1. The summed E-state index contributed by atoms with van der Waals surface area (Å²) in [7, 11) is 1.70. The van der Waals surface area contributed by atoms with Crippen LogP contribution >= 0.6 is 11.6 Å². The summed E-state index contributed by atoms with van der Waals surface area (Å²) in [5.41, 5.74) is 1.18. The van der Waals surface area contributed by atoms with Crippen LogP contribution < -0.4 is 10.1 Å². The highest BCUT2D eigenvalue weighted by Crippen LogP contribution is 2.32. The number of hydrogen-bond donors (Lipinski definition) is 1. The van der Waals surface area contributed by atoms with Gasteiger partial charge in [0.05, 0.1) is 7.11 Å². The predicted octanol–water partition coefficient (Wildman–Crippen LogP) is 3.16. The van der Waals surface area contributed by atoms with Gasteiger partial charge >= 0.3 is 0 Å². The van der Waals surface area contributed by atoms with Crippen molar-refractivity contribution in [1.82, 2.24) is 5.32 Å². The number of piperidine rings is 1. The zero-order valence-corrected chi connectivity index (χ0v) is 9.68. The smallest absolute Gasteiger partial charge is 0.123 e. The molecular weight excluding hydrogens is 210 g/mol. The minimum absolute atomic E-state index is 0.396. The second kappa shape index (κ2) is 4.86. The number of nitrogens with one attached hydrogen (secondary N) is 1. The van der Waals surface area contributed by atoms with Gasteiger partial charge in [0.2, 0.25) is 0 Å². The summed E-state index contributed by atoms with van der Waals surface area (Å²) >= 11 is 6.01. The summed E-state index contributed by atoms with van der Waals surface area (Å²) in [5.74, 6) is 0.929. The Kier molecular flexibility index (Phi) is 3.49. The van der Waals surface area contributed by atoms with Gasteiger partial charge in [-0.25, -0.2) is 0 Å². The maximum Gasteiger partial charge on any atom is 0.123 e. The molecule has 1 atom stereocenters. The van der Waals surface area contributed by atoms with E-state index >= 15 is 0 Å². The fourth-order valence-electron chi connectivity index (χ4n) is 2.09. The lowest BCUT2D eigenvalue weighted by Gasteiger charge is -2.25. The fraction of sp³-hybridized carbons (Fsp3) is 0.500. The van der Waals surface area contributed by atoms with Crippen molar-refractivity contribution < 1.29 is 4.74 Å². The van der Waals surface area contributed by atoms with Gasteiger partial charge in [0.25, 0.3) is 0 Å². The summed E-state index contributed by atoms with van der Waals surface area (Å²) in [5, 5.41) is 4.27. The minimum Gasteiger partial charge on any atom is -0.496 e. The van der Waals surface area contributed by atoms with Gasteiger partial charge in [0.1, 0.15) is 5.75 Å². The van der Waals surface area contributed by atoms with Gasteiger partial charge in [0, 0.05) is 16.6 Å². The van der Waals surface area contributed by atoms with E-state index in [9.17, 15) is 0 Å². The quantitative estimate of drug-likeness (QED) is 0.835. The first kappa shape index (κ1) is 10.8. The molecule has 0 amide bonds. The van der Waals surface area contributed by atoms with Gasteiger partial charge in [-0.2, -0.15) is 0 Å². The topological polar surface area (TPSA) is 21.3 Å². The van der Waals surface area contributed by atoms with Crippen LogP contribution in [0.3, 0.4) is 0 Å². The molecule has 0 aliphatic carbocycles. The van der Waals surface area contributed by atoms with Crippen LogP contribution in [0.1, 0.15) is 30.9 Å². The summed E-state index contributed by atoms with van der Waals surface area (Å²) in [6, 6.07) is 6.21. The standard InChI is InChI=1S/C12H16ClNO/c1-15-12-6-5-9(13)8-10(12)11-4-2-3-7-14-11/h5-6,8,11,14H,2-4,7H2,1H3.